The van der Waals surface area contributed by atoms with Crippen LogP contribution in [0, 0.1) is 6.92 Å². The lowest BCUT2D eigenvalue weighted by atomic mass is 10.0. The minimum absolute atomic E-state index is 0.224. The summed E-state index contributed by atoms with van der Waals surface area (Å²) in [6.07, 6.45) is 0.777. The molecule has 1 unspecified atom stereocenters. The third-order valence-corrected chi connectivity index (χ3v) is 7.91. The number of carbonyl (C=O) groups excluding carboxylic acids is 1. The summed E-state index contributed by atoms with van der Waals surface area (Å²) in [5.41, 5.74) is 4.99. The van der Waals surface area contributed by atoms with Gasteiger partial charge in [0.2, 0.25) is 10.0 Å². The number of aromatic nitrogens is 1. The molecular formula is C29H30N2O4S. The Morgan fingerprint density at radius 2 is 1.64 bits per heavy atom. The van der Waals surface area contributed by atoms with E-state index < -0.39 is 21.7 Å². The molecule has 4 aromatic rings. The molecule has 1 aromatic heterocycles. The first-order chi connectivity index (χ1) is 17.0. The number of aryl methyl sites for hydroxylation is 1. The second-order valence-electron chi connectivity index (χ2n) is 10.4. The monoisotopic (exact) mass is 502 g/mol. The Hall–Kier alpha value is -3.42. The van der Waals surface area contributed by atoms with Gasteiger partial charge in [-0.05, 0) is 87.6 Å². The molecule has 7 heteroatoms. The summed E-state index contributed by atoms with van der Waals surface area (Å²) in [5, 5.41) is 0.947. The topological polar surface area (TPSA) is 77.4 Å². The van der Waals surface area contributed by atoms with Crippen LogP contribution in [-0.2, 0) is 27.6 Å². The zero-order valence-corrected chi connectivity index (χ0v) is 21.7. The summed E-state index contributed by atoms with van der Waals surface area (Å²) < 4.78 is 36.0. The number of sulfonamides is 1. The summed E-state index contributed by atoms with van der Waals surface area (Å²) in [7, 11) is -3.61. The number of ether oxygens (including phenoxy) is 1. The van der Waals surface area contributed by atoms with Gasteiger partial charge in [-0.2, -0.15) is 0 Å². The summed E-state index contributed by atoms with van der Waals surface area (Å²) in [5.74, 6) is 0. The van der Waals surface area contributed by atoms with Crippen LogP contribution in [0.4, 0.5) is 4.79 Å². The minimum Gasteiger partial charge on any atom is -0.443 e. The molecule has 0 amide bonds. The normalized spacial score (nSPS) is 15.7. The Labute approximate surface area is 212 Å². The highest BCUT2D eigenvalue weighted by Gasteiger charge is 2.28. The number of nitrogens with one attached hydrogen (secondary N) is 1. The average molecular weight is 503 g/mol. The zero-order chi connectivity index (χ0) is 25.7. The first-order valence-electron chi connectivity index (χ1n) is 12.1. The molecule has 1 atom stereocenters. The number of hydrogen-bond donors (Lipinski definition) is 1. The van der Waals surface area contributed by atoms with Gasteiger partial charge >= 0.3 is 6.09 Å². The fraction of sp³-hybridized carbons (Fsp3) is 0.276. The second kappa shape index (κ2) is 8.91. The molecule has 0 fully saturated rings. The van der Waals surface area contributed by atoms with Gasteiger partial charge in [-0.25, -0.2) is 22.5 Å². The molecule has 1 N–H and O–H groups in total. The molecule has 1 heterocycles. The van der Waals surface area contributed by atoms with Crippen molar-refractivity contribution in [3.63, 3.8) is 0 Å². The molecule has 1 aliphatic rings. The van der Waals surface area contributed by atoms with Gasteiger partial charge in [0.25, 0.3) is 0 Å². The van der Waals surface area contributed by atoms with Gasteiger partial charge in [-0.3, -0.25) is 0 Å². The summed E-state index contributed by atoms with van der Waals surface area (Å²) >= 11 is 0. The van der Waals surface area contributed by atoms with E-state index >= 15 is 0 Å². The maximum atomic E-state index is 13.2. The van der Waals surface area contributed by atoms with Crippen LogP contribution in [0.25, 0.3) is 22.2 Å². The largest absolute Gasteiger partial charge is 0.443 e. The van der Waals surface area contributed by atoms with Gasteiger partial charge in [-0.15, -0.1) is 0 Å². The predicted molar refractivity (Wildman–Crippen MR) is 142 cm³/mol. The SMILES string of the molecule is Cc1ccc(S(=O)(=O)NC2Cc3ccc(-c4cc5ccccc5n4C(=O)OC(C)(C)C)cc3C2)cc1. The van der Waals surface area contributed by atoms with Crippen molar-refractivity contribution in [3.8, 4) is 11.3 Å². The van der Waals surface area contributed by atoms with Crippen molar-refractivity contribution in [1.82, 2.24) is 9.29 Å². The maximum Gasteiger partial charge on any atom is 0.419 e. The van der Waals surface area contributed by atoms with Crippen LogP contribution in [0.15, 0.2) is 77.7 Å². The molecule has 36 heavy (non-hydrogen) atoms. The average Bonchev–Trinajstić information content (AvgIpc) is 3.38. The predicted octanol–water partition coefficient (Wildman–Crippen LogP) is 5.85. The second-order valence-corrected chi connectivity index (χ2v) is 12.1. The van der Waals surface area contributed by atoms with Gasteiger partial charge in [0, 0.05) is 11.4 Å². The molecule has 186 valence electrons. The Kier molecular flexibility index (Phi) is 6.01. The van der Waals surface area contributed by atoms with Crippen molar-refractivity contribution >= 4 is 27.0 Å². The molecule has 0 bridgehead atoms. The Balaban J connectivity index is 1.45. The van der Waals surface area contributed by atoms with E-state index in [4.69, 9.17) is 4.74 Å². The van der Waals surface area contributed by atoms with Crippen LogP contribution >= 0.6 is 0 Å². The van der Waals surface area contributed by atoms with E-state index in [-0.39, 0.29) is 10.9 Å². The number of rotatable bonds is 4. The van der Waals surface area contributed by atoms with Crippen molar-refractivity contribution in [1.29, 1.82) is 0 Å². The van der Waals surface area contributed by atoms with Gasteiger partial charge in [0.15, 0.2) is 0 Å². The van der Waals surface area contributed by atoms with E-state index in [9.17, 15) is 13.2 Å². The number of benzene rings is 3. The number of fused-ring (bicyclic) bond motifs is 2. The Morgan fingerprint density at radius 1 is 0.944 bits per heavy atom. The number of para-hydroxylation sites is 1. The van der Waals surface area contributed by atoms with Crippen LogP contribution in [0.1, 0.15) is 37.5 Å². The highest BCUT2D eigenvalue weighted by Crippen LogP contribution is 2.33. The third-order valence-electron chi connectivity index (χ3n) is 6.37. The number of carbonyl (C=O) groups is 1. The van der Waals surface area contributed by atoms with Crippen LogP contribution < -0.4 is 4.72 Å². The molecule has 0 radical (unpaired) electrons. The van der Waals surface area contributed by atoms with Crippen molar-refractivity contribution in [2.75, 3.05) is 0 Å². The first-order valence-corrected chi connectivity index (χ1v) is 13.5. The fourth-order valence-corrected chi connectivity index (χ4v) is 5.97. The van der Waals surface area contributed by atoms with Crippen LogP contribution in [0.5, 0.6) is 0 Å². The number of hydrogen-bond acceptors (Lipinski definition) is 4. The standard InChI is InChI=1S/C29H30N2O4S/c1-19-9-13-25(14-10-19)36(33,34)30-24-16-20-11-12-22(15-23(20)17-24)27-18-21-7-5-6-8-26(21)31(27)28(32)35-29(2,3)4/h5-15,18,24,30H,16-17H2,1-4H3. The third kappa shape index (κ3) is 4.81. The van der Waals surface area contributed by atoms with E-state index in [2.05, 4.69) is 10.8 Å². The zero-order valence-electron chi connectivity index (χ0n) is 20.9. The molecule has 0 spiro atoms. The molecule has 0 saturated carbocycles. The fourth-order valence-electron chi connectivity index (χ4n) is 4.74. The summed E-state index contributed by atoms with van der Waals surface area (Å²) in [6.45, 7) is 7.48. The first kappa shape index (κ1) is 24.3. The van der Waals surface area contributed by atoms with Gasteiger partial charge < -0.3 is 4.74 Å². The molecule has 3 aromatic carbocycles. The van der Waals surface area contributed by atoms with Crippen LogP contribution in [0.2, 0.25) is 0 Å². The molecule has 0 aliphatic heterocycles. The maximum absolute atomic E-state index is 13.2. The van der Waals surface area contributed by atoms with Crippen molar-refractivity contribution in [2.24, 2.45) is 0 Å². The lowest BCUT2D eigenvalue weighted by molar-refractivity contribution is 0.0547. The Bertz CT molecular complexity index is 1560. The van der Waals surface area contributed by atoms with Crippen LogP contribution in [0.3, 0.4) is 0 Å². The molecule has 5 rings (SSSR count). The smallest absolute Gasteiger partial charge is 0.419 e. The highest BCUT2D eigenvalue weighted by atomic mass is 32.2. The van der Waals surface area contributed by atoms with Crippen LogP contribution in [-0.4, -0.2) is 30.7 Å². The highest BCUT2D eigenvalue weighted by molar-refractivity contribution is 7.89. The molecular weight excluding hydrogens is 472 g/mol. The Morgan fingerprint density at radius 3 is 2.36 bits per heavy atom. The lowest BCUT2D eigenvalue weighted by Crippen LogP contribution is -2.35. The lowest BCUT2D eigenvalue weighted by Gasteiger charge is -2.21. The van der Waals surface area contributed by atoms with E-state index in [0.29, 0.717) is 12.8 Å². The quantitative estimate of drug-likeness (QED) is 0.380. The van der Waals surface area contributed by atoms with Crippen molar-refractivity contribution < 1.29 is 17.9 Å². The van der Waals surface area contributed by atoms with Crippen molar-refractivity contribution in [3.05, 3.63) is 89.5 Å². The van der Waals surface area contributed by atoms with Crippen molar-refractivity contribution in [2.45, 2.75) is 57.1 Å². The van der Waals surface area contributed by atoms with Gasteiger partial charge in [-0.1, -0.05) is 48.0 Å². The molecule has 0 saturated heterocycles. The molecule has 1 aliphatic carbocycles. The number of nitrogens with zero attached hydrogens (tertiary/aromatic N) is 1. The minimum atomic E-state index is -3.61. The summed E-state index contributed by atoms with van der Waals surface area (Å²) in [6, 6.07) is 22.4. The van der Waals surface area contributed by atoms with E-state index in [0.717, 1.165) is 38.9 Å². The van der Waals surface area contributed by atoms with Gasteiger partial charge in [0.05, 0.1) is 16.1 Å². The van der Waals surface area contributed by atoms with E-state index in [1.165, 1.54) is 0 Å². The van der Waals surface area contributed by atoms with Gasteiger partial charge in [0.1, 0.15) is 5.60 Å². The van der Waals surface area contributed by atoms with E-state index in [1.807, 2.05) is 70.2 Å². The summed E-state index contributed by atoms with van der Waals surface area (Å²) in [4.78, 5) is 13.5. The molecule has 6 nitrogen and oxygen atoms in total. The van der Waals surface area contributed by atoms with E-state index in [1.54, 1.807) is 28.8 Å².